The number of methoxy groups -OCH3 is 1. The first-order valence-electron chi connectivity index (χ1n) is 14.4. The van der Waals surface area contributed by atoms with Gasteiger partial charge in [0.25, 0.3) is 0 Å². The highest BCUT2D eigenvalue weighted by atomic mass is 16.5. The lowest BCUT2D eigenvalue weighted by Crippen LogP contribution is -2.40. The summed E-state index contributed by atoms with van der Waals surface area (Å²) >= 11 is 0. The molecule has 1 aromatic carbocycles. The van der Waals surface area contributed by atoms with Crippen molar-refractivity contribution in [2.24, 2.45) is 5.92 Å². The maximum absolute atomic E-state index is 13.4. The molecule has 0 radical (unpaired) electrons. The van der Waals surface area contributed by atoms with Crippen LogP contribution in [-0.4, -0.2) is 52.1 Å². The van der Waals surface area contributed by atoms with Gasteiger partial charge in [-0.05, 0) is 73.9 Å². The minimum atomic E-state index is 0.265. The molecule has 0 saturated carbocycles. The van der Waals surface area contributed by atoms with Crippen molar-refractivity contribution in [1.82, 2.24) is 19.4 Å². The monoisotopic (exact) mass is 539 g/mol. The van der Waals surface area contributed by atoms with Gasteiger partial charge >= 0.3 is 0 Å². The third kappa shape index (κ3) is 6.36. The molecular formula is C33H41N5O2. The highest BCUT2D eigenvalue weighted by Crippen LogP contribution is 2.33. The van der Waals surface area contributed by atoms with Crippen LogP contribution >= 0.6 is 0 Å². The van der Waals surface area contributed by atoms with Gasteiger partial charge in [-0.2, -0.15) is 0 Å². The van der Waals surface area contributed by atoms with Crippen molar-refractivity contribution < 1.29 is 9.53 Å². The Morgan fingerprint density at radius 2 is 1.93 bits per heavy atom. The number of carbonyl (C=O) groups excluding carboxylic acids is 1. The van der Waals surface area contributed by atoms with E-state index in [0.717, 1.165) is 68.7 Å². The van der Waals surface area contributed by atoms with Crippen molar-refractivity contribution in [2.75, 3.05) is 32.5 Å². The fraction of sp³-hybridized carbons (Fsp3) is 0.424. The summed E-state index contributed by atoms with van der Waals surface area (Å²) in [5, 5.41) is 1.21. The number of anilines is 1. The summed E-state index contributed by atoms with van der Waals surface area (Å²) in [6.07, 6.45) is 8.23. The number of hydrogen-bond acceptors (Lipinski definition) is 5. The zero-order chi connectivity index (χ0) is 28.1. The smallest absolute Gasteiger partial charge is 0.222 e. The number of fused-ring (bicyclic) bond motifs is 1. The van der Waals surface area contributed by atoms with Gasteiger partial charge in [-0.25, -0.2) is 4.98 Å². The van der Waals surface area contributed by atoms with Gasteiger partial charge < -0.3 is 19.9 Å². The van der Waals surface area contributed by atoms with Gasteiger partial charge in [0.2, 0.25) is 5.91 Å². The molecule has 4 aromatic rings. The lowest BCUT2D eigenvalue weighted by Gasteiger charge is -2.34. The largest absolute Gasteiger partial charge is 0.385 e. The van der Waals surface area contributed by atoms with Crippen LogP contribution in [0.15, 0.2) is 60.9 Å². The number of aryl methyl sites for hydroxylation is 2. The second-order valence-corrected chi connectivity index (χ2v) is 11.3. The van der Waals surface area contributed by atoms with Crippen LogP contribution in [0.4, 0.5) is 5.82 Å². The molecule has 4 heterocycles. The van der Waals surface area contributed by atoms with E-state index in [9.17, 15) is 4.79 Å². The minimum Gasteiger partial charge on any atom is -0.385 e. The van der Waals surface area contributed by atoms with E-state index in [-0.39, 0.29) is 11.8 Å². The molecule has 1 saturated heterocycles. The molecule has 2 atom stereocenters. The predicted octanol–water partition coefficient (Wildman–Crippen LogP) is 6.00. The summed E-state index contributed by atoms with van der Waals surface area (Å²) < 4.78 is 7.77. The molecule has 7 nitrogen and oxygen atoms in total. The number of pyridine rings is 2. The molecule has 7 heteroatoms. The number of likely N-dealkylation sites (tertiary alicyclic amines) is 1. The second-order valence-electron chi connectivity index (χ2n) is 11.3. The molecule has 0 aliphatic carbocycles. The van der Waals surface area contributed by atoms with Crippen LogP contribution in [-0.2, 0) is 22.5 Å². The van der Waals surface area contributed by atoms with E-state index in [2.05, 4.69) is 69.7 Å². The number of piperidine rings is 1. The Hall–Kier alpha value is -3.71. The van der Waals surface area contributed by atoms with Gasteiger partial charge in [0.05, 0.1) is 5.52 Å². The summed E-state index contributed by atoms with van der Waals surface area (Å²) in [5.41, 5.74) is 12.7. The lowest BCUT2D eigenvalue weighted by molar-refractivity contribution is -0.133. The molecule has 1 amide bonds. The first-order chi connectivity index (χ1) is 19.4. The molecule has 40 heavy (non-hydrogen) atoms. The number of nitrogens with two attached hydrogens (primary N) is 1. The van der Waals surface area contributed by atoms with Gasteiger partial charge in [0, 0.05) is 80.4 Å². The van der Waals surface area contributed by atoms with E-state index in [0.29, 0.717) is 18.2 Å². The van der Waals surface area contributed by atoms with Crippen molar-refractivity contribution in [3.8, 4) is 11.1 Å². The highest BCUT2D eigenvalue weighted by molar-refractivity contribution is 5.83. The maximum Gasteiger partial charge on any atom is 0.222 e. The van der Waals surface area contributed by atoms with Crippen LogP contribution in [0.1, 0.15) is 55.5 Å². The number of rotatable bonds is 10. The van der Waals surface area contributed by atoms with E-state index in [1.54, 1.807) is 13.3 Å². The van der Waals surface area contributed by atoms with Crippen LogP contribution in [0.2, 0.25) is 0 Å². The van der Waals surface area contributed by atoms with E-state index in [4.69, 9.17) is 10.5 Å². The zero-order valence-electron chi connectivity index (χ0n) is 24.0. The number of benzene rings is 1. The van der Waals surface area contributed by atoms with Gasteiger partial charge in [-0.3, -0.25) is 9.78 Å². The number of amides is 1. The normalized spacial score (nSPS) is 16.4. The molecule has 1 aliphatic heterocycles. The molecule has 1 fully saturated rings. The van der Waals surface area contributed by atoms with Crippen molar-refractivity contribution in [1.29, 1.82) is 0 Å². The molecule has 210 valence electrons. The van der Waals surface area contributed by atoms with Crippen LogP contribution in [0.5, 0.6) is 0 Å². The number of nitrogens with zero attached hydrogens (tertiary/aromatic N) is 4. The van der Waals surface area contributed by atoms with Crippen molar-refractivity contribution in [2.45, 2.75) is 58.4 Å². The molecule has 5 rings (SSSR count). The molecule has 1 aliphatic rings. The average Bonchev–Trinajstić information content (AvgIpc) is 3.34. The third-order valence-electron chi connectivity index (χ3n) is 8.16. The minimum absolute atomic E-state index is 0.265. The summed E-state index contributed by atoms with van der Waals surface area (Å²) in [7, 11) is 1.75. The Morgan fingerprint density at radius 3 is 2.67 bits per heavy atom. The number of carbonyl (C=O) groups is 1. The van der Waals surface area contributed by atoms with E-state index < -0.39 is 0 Å². The Kier molecular flexibility index (Phi) is 8.80. The topological polar surface area (TPSA) is 86.3 Å². The van der Waals surface area contributed by atoms with Crippen LogP contribution < -0.4 is 5.73 Å². The Labute approximate surface area is 237 Å². The van der Waals surface area contributed by atoms with Gasteiger partial charge in [-0.1, -0.05) is 31.2 Å². The molecule has 0 spiro atoms. The maximum atomic E-state index is 13.4. The van der Waals surface area contributed by atoms with Crippen molar-refractivity contribution in [3.63, 3.8) is 0 Å². The second kappa shape index (κ2) is 12.6. The molecule has 0 bridgehead atoms. The number of nitrogen functional groups attached to an aromatic ring is 1. The Morgan fingerprint density at radius 1 is 1.12 bits per heavy atom. The van der Waals surface area contributed by atoms with E-state index in [1.165, 1.54) is 22.2 Å². The first-order valence-corrected chi connectivity index (χ1v) is 14.4. The van der Waals surface area contributed by atoms with Gasteiger partial charge in [0.15, 0.2) is 0 Å². The molecule has 3 aromatic heterocycles. The highest BCUT2D eigenvalue weighted by Gasteiger charge is 2.28. The van der Waals surface area contributed by atoms with Crippen LogP contribution in [0, 0.1) is 12.8 Å². The fourth-order valence-electron chi connectivity index (χ4n) is 6.05. The molecule has 2 unspecified atom stereocenters. The quantitative estimate of drug-likeness (QED) is 0.250. The van der Waals surface area contributed by atoms with Crippen LogP contribution in [0.25, 0.3) is 22.0 Å². The Balaban J connectivity index is 1.22. The lowest BCUT2D eigenvalue weighted by atomic mass is 9.92. The van der Waals surface area contributed by atoms with Gasteiger partial charge in [-0.15, -0.1) is 0 Å². The summed E-state index contributed by atoms with van der Waals surface area (Å²) in [5.74, 6) is 1.39. The molecular weight excluding hydrogens is 498 g/mol. The summed E-state index contributed by atoms with van der Waals surface area (Å²) in [6, 6.07) is 16.8. The number of aromatic nitrogens is 3. The zero-order valence-corrected chi connectivity index (χ0v) is 24.0. The SMILES string of the molecule is COCCCn1c(C2CCCN(C(=O)CC(C)Cc3ccc(-c4ccc(N)nc4)cc3)C2)cc2c(C)nccc21. The third-order valence-corrected chi connectivity index (χ3v) is 8.16. The Bertz CT molecular complexity index is 1430. The fourth-order valence-corrected chi connectivity index (χ4v) is 6.05. The standard InChI is InChI=1S/C33H41N5O2/c1-23(18-25-7-9-26(10-8-25)27-11-12-32(34)36-21-27)19-33(39)37-15-4-6-28(22-37)31-20-29-24(2)35-14-13-30(29)38(31)16-5-17-40-3/h7-14,20-21,23,28H,4-6,15-19,22H2,1-3H3,(H2,34,36). The average molecular weight is 540 g/mol. The van der Waals surface area contributed by atoms with E-state index in [1.807, 2.05) is 18.3 Å². The summed E-state index contributed by atoms with van der Waals surface area (Å²) in [6.45, 7) is 7.52. The van der Waals surface area contributed by atoms with Crippen molar-refractivity contribution in [3.05, 3.63) is 77.9 Å². The van der Waals surface area contributed by atoms with Gasteiger partial charge in [0.1, 0.15) is 5.82 Å². The van der Waals surface area contributed by atoms with Crippen molar-refractivity contribution >= 4 is 22.6 Å². The number of ether oxygens (including phenoxy) is 1. The van der Waals surface area contributed by atoms with Crippen LogP contribution in [0.3, 0.4) is 0 Å². The first kappa shape index (κ1) is 27.8. The predicted molar refractivity (Wildman–Crippen MR) is 161 cm³/mol. The summed E-state index contributed by atoms with van der Waals surface area (Å²) in [4.78, 5) is 24.3. The number of hydrogen-bond donors (Lipinski definition) is 1. The molecule has 2 N–H and O–H groups in total. The van der Waals surface area contributed by atoms with E-state index >= 15 is 0 Å².